The summed E-state index contributed by atoms with van der Waals surface area (Å²) >= 11 is 0. The molecule has 2 rings (SSSR count). The standard InChI is InChI=1S/C18H21F3N4O/c1-11(2)8-9-22-17(26)15-10-16(24-12(3)23-15)25-14-7-5-4-6-13(14)18(19,20)21/h4-7,10-11H,8-9H2,1-3H3,(H,22,26)(H,23,24,25). The zero-order chi connectivity index (χ0) is 19.3. The van der Waals surface area contributed by atoms with Crippen molar-refractivity contribution in [3.8, 4) is 0 Å². The van der Waals surface area contributed by atoms with Gasteiger partial charge in [0, 0.05) is 12.6 Å². The van der Waals surface area contributed by atoms with Gasteiger partial charge in [-0.1, -0.05) is 26.0 Å². The van der Waals surface area contributed by atoms with E-state index in [9.17, 15) is 18.0 Å². The molecule has 0 bridgehead atoms. The van der Waals surface area contributed by atoms with Crippen LogP contribution in [0.15, 0.2) is 30.3 Å². The number of benzene rings is 1. The molecule has 26 heavy (non-hydrogen) atoms. The zero-order valence-corrected chi connectivity index (χ0v) is 14.8. The molecule has 2 N–H and O–H groups in total. The molecule has 8 heteroatoms. The number of para-hydroxylation sites is 1. The molecule has 5 nitrogen and oxygen atoms in total. The lowest BCUT2D eigenvalue weighted by Gasteiger charge is -2.14. The quantitative estimate of drug-likeness (QED) is 0.799. The fourth-order valence-corrected chi connectivity index (χ4v) is 2.29. The molecule has 1 aromatic heterocycles. The highest BCUT2D eigenvalue weighted by Gasteiger charge is 2.33. The van der Waals surface area contributed by atoms with Gasteiger partial charge in [-0.05, 0) is 31.4 Å². The van der Waals surface area contributed by atoms with E-state index in [0.717, 1.165) is 12.5 Å². The molecule has 0 aliphatic rings. The number of nitrogens with zero attached hydrogens (tertiary/aromatic N) is 2. The number of carbonyl (C=O) groups excluding carboxylic acids is 1. The Balaban J connectivity index is 2.22. The molecular formula is C18H21F3N4O. The minimum absolute atomic E-state index is 0.105. The van der Waals surface area contributed by atoms with Crippen LogP contribution in [0.5, 0.6) is 0 Å². The largest absolute Gasteiger partial charge is 0.418 e. The highest BCUT2D eigenvalue weighted by molar-refractivity contribution is 5.93. The number of amides is 1. The van der Waals surface area contributed by atoms with Gasteiger partial charge in [0.15, 0.2) is 0 Å². The van der Waals surface area contributed by atoms with Gasteiger partial charge >= 0.3 is 6.18 Å². The second kappa shape index (κ2) is 8.16. The van der Waals surface area contributed by atoms with Crippen molar-refractivity contribution >= 4 is 17.4 Å². The van der Waals surface area contributed by atoms with Crippen LogP contribution in [0.2, 0.25) is 0 Å². The smallest absolute Gasteiger partial charge is 0.351 e. The van der Waals surface area contributed by atoms with Gasteiger partial charge in [-0.2, -0.15) is 13.2 Å². The predicted molar refractivity (Wildman–Crippen MR) is 93.3 cm³/mol. The first-order chi connectivity index (χ1) is 12.2. The van der Waals surface area contributed by atoms with Crippen LogP contribution in [0.3, 0.4) is 0 Å². The first kappa shape index (κ1) is 19.7. The Hall–Kier alpha value is -2.64. The van der Waals surface area contributed by atoms with Crippen molar-refractivity contribution in [2.24, 2.45) is 5.92 Å². The van der Waals surface area contributed by atoms with Crippen molar-refractivity contribution in [3.05, 3.63) is 47.4 Å². The fourth-order valence-electron chi connectivity index (χ4n) is 2.29. The van der Waals surface area contributed by atoms with E-state index in [4.69, 9.17) is 0 Å². The number of rotatable bonds is 6. The Bertz CT molecular complexity index is 775. The average Bonchev–Trinajstić information content (AvgIpc) is 2.53. The zero-order valence-electron chi connectivity index (χ0n) is 14.8. The molecule has 0 aliphatic carbocycles. The average molecular weight is 366 g/mol. The molecule has 0 unspecified atom stereocenters. The lowest BCUT2D eigenvalue weighted by Crippen LogP contribution is -2.26. The molecule has 0 radical (unpaired) electrons. The summed E-state index contributed by atoms with van der Waals surface area (Å²) in [6.45, 7) is 6.16. The summed E-state index contributed by atoms with van der Waals surface area (Å²) in [4.78, 5) is 20.3. The molecule has 0 saturated carbocycles. The second-order valence-electron chi connectivity index (χ2n) is 6.29. The number of aryl methyl sites for hydroxylation is 1. The molecule has 0 atom stereocenters. The number of alkyl halides is 3. The Morgan fingerprint density at radius 1 is 1.19 bits per heavy atom. The van der Waals surface area contributed by atoms with Crippen LogP contribution in [0, 0.1) is 12.8 Å². The van der Waals surface area contributed by atoms with Crippen LogP contribution < -0.4 is 10.6 Å². The fraction of sp³-hybridized carbons (Fsp3) is 0.389. The van der Waals surface area contributed by atoms with E-state index >= 15 is 0 Å². The van der Waals surface area contributed by atoms with Crippen molar-refractivity contribution in [2.75, 3.05) is 11.9 Å². The Morgan fingerprint density at radius 3 is 2.54 bits per heavy atom. The van der Waals surface area contributed by atoms with Gasteiger partial charge in [-0.25, -0.2) is 9.97 Å². The first-order valence-electron chi connectivity index (χ1n) is 8.24. The number of anilines is 2. The topological polar surface area (TPSA) is 66.9 Å². The normalized spacial score (nSPS) is 11.5. The highest BCUT2D eigenvalue weighted by atomic mass is 19.4. The van der Waals surface area contributed by atoms with E-state index in [1.165, 1.54) is 24.3 Å². The summed E-state index contributed by atoms with van der Waals surface area (Å²) < 4.78 is 39.3. The van der Waals surface area contributed by atoms with Crippen LogP contribution >= 0.6 is 0 Å². The lowest BCUT2D eigenvalue weighted by atomic mass is 10.1. The van der Waals surface area contributed by atoms with E-state index in [2.05, 4.69) is 20.6 Å². The van der Waals surface area contributed by atoms with Gasteiger partial charge in [-0.15, -0.1) is 0 Å². The number of carbonyl (C=O) groups is 1. The summed E-state index contributed by atoms with van der Waals surface area (Å²) in [6, 6.07) is 6.43. The summed E-state index contributed by atoms with van der Waals surface area (Å²) in [6.07, 6.45) is -3.68. The Morgan fingerprint density at radius 2 is 1.88 bits per heavy atom. The summed E-state index contributed by atoms with van der Waals surface area (Å²) in [7, 11) is 0. The van der Waals surface area contributed by atoms with Crippen molar-refractivity contribution < 1.29 is 18.0 Å². The van der Waals surface area contributed by atoms with E-state index in [-0.39, 0.29) is 28.9 Å². The molecule has 2 aromatic rings. The maximum atomic E-state index is 13.1. The molecular weight excluding hydrogens is 345 g/mol. The molecule has 1 heterocycles. The van der Waals surface area contributed by atoms with Crippen molar-refractivity contribution in [1.82, 2.24) is 15.3 Å². The van der Waals surface area contributed by atoms with Gasteiger partial charge in [0.25, 0.3) is 5.91 Å². The molecule has 0 saturated heterocycles. The monoisotopic (exact) mass is 366 g/mol. The van der Waals surface area contributed by atoms with Gasteiger partial charge in [0.1, 0.15) is 17.3 Å². The third-order valence-corrected chi connectivity index (χ3v) is 3.57. The minimum Gasteiger partial charge on any atom is -0.351 e. The highest BCUT2D eigenvalue weighted by Crippen LogP contribution is 2.35. The number of hydrogen-bond acceptors (Lipinski definition) is 4. The van der Waals surface area contributed by atoms with Gasteiger partial charge < -0.3 is 10.6 Å². The Kier molecular flexibility index (Phi) is 6.18. The summed E-state index contributed by atoms with van der Waals surface area (Å²) in [5.74, 6) is 0.471. The minimum atomic E-state index is -4.50. The van der Waals surface area contributed by atoms with Crippen LogP contribution in [0.25, 0.3) is 0 Å². The molecule has 140 valence electrons. The maximum Gasteiger partial charge on any atom is 0.418 e. The number of nitrogens with one attached hydrogen (secondary N) is 2. The summed E-state index contributed by atoms with van der Waals surface area (Å²) in [5, 5.41) is 5.39. The van der Waals surface area contributed by atoms with E-state index < -0.39 is 11.7 Å². The van der Waals surface area contributed by atoms with E-state index in [1.54, 1.807) is 6.92 Å². The van der Waals surface area contributed by atoms with E-state index in [1.807, 2.05) is 13.8 Å². The summed E-state index contributed by atoms with van der Waals surface area (Å²) in [5.41, 5.74) is -0.836. The maximum absolute atomic E-state index is 13.1. The number of halogens is 3. The second-order valence-corrected chi connectivity index (χ2v) is 6.29. The SMILES string of the molecule is Cc1nc(Nc2ccccc2C(F)(F)F)cc(C(=O)NCCC(C)C)n1. The van der Waals surface area contributed by atoms with Crippen LogP contribution in [-0.4, -0.2) is 22.4 Å². The number of aromatic nitrogens is 2. The van der Waals surface area contributed by atoms with Gasteiger partial charge in [-0.3, -0.25) is 4.79 Å². The van der Waals surface area contributed by atoms with Crippen molar-refractivity contribution in [1.29, 1.82) is 0 Å². The molecule has 1 aromatic carbocycles. The van der Waals surface area contributed by atoms with Crippen LogP contribution in [0.1, 0.15) is 42.1 Å². The predicted octanol–water partition coefficient (Wildman–Crippen LogP) is 4.32. The van der Waals surface area contributed by atoms with Crippen LogP contribution in [-0.2, 0) is 6.18 Å². The molecule has 0 fully saturated rings. The Labute approximate surface area is 150 Å². The third-order valence-electron chi connectivity index (χ3n) is 3.57. The molecule has 0 aliphatic heterocycles. The van der Waals surface area contributed by atoms with Gasteiger partial charge in [0.2, 0.25) is 0 Å². The lowest BCUT2D eigenvalue weighted by molar-refractivity contribution is -0.136. The molecule has 1 amide bonds. The first-order valence-corrected chi connectivity index (χ1v) is 8.24. The third kappa shape index (κ3) is 5.44. The number of hydrogen-bond donors (Lipinski definition) is 2. The van der Waals surface area contributed by atoms with Crippen LogP contribution in [0.4, 0.5) is 24.7 Å². The molecule has 0 spiro atoms. The van der Waals surface area contributed by atoms with E-state index in [0.29, 0.717) is 12.5 Å². The van der Waals surface area contributed by atoms with Gasteiger partial charge in [0.05, 0.1) is 11.3 Å². The van der Waals surface area contributed by atoms with Crippen molar-refractivity contribution in [3.63, 3.8) is 0 Å². The van der Waals surface area contributed by atoms with Crippen molar-refractivity contribution in [2.45, 2.75) is 33.4 Å².